The molecule has 0 N–H and O–H groups in total. The van der Waals surface area contributed by atoms with Gasteiger partial charge in [0.2, 0.25) is 0 Å². The first-order valence-corrected chi connectivity index (χ1v) is 27.3. The first-order valence-electron chi connectivity index (χ1n) is 27.3. The van der Waals surface area contributed by atoms with Gasteiger partial charge in [-0.1, -0.05) is 131 Å². The quantitative estimate of drug-likeness (QED) is 0.114. The molecule has 63 heavy (non-hydrogen) atoms. The Bertz CT molecular complexity index is 1560. The van der Waals surface area contributed by atoms with E-state index in [2.05, 4.69) is 81.4 Å². The van der Waals surface area contributed by atoms with Gasteiger partial charge >= 0.3 is 11.9 Å². The minimum atomic E-state index is -0.355. The maximum Gasteiger partial charge on any atom is 0.332 e. The lowest BCUT2D eigenvalue weighted by atomic mass is 9.47. The topological polar surface area (TPSA) is 61.8 Å². The van der Waals surface area contributed by atoms with Gasteiger partial charge in [0.05, 0.1) is 0 Å². The SMILES string of the molecule is CC(C)CCC[C@@H](C)[C@@H]1CC[C@H]2[C@@H]3CC=C4C[C@@H](OC(=O)COCC(=O)O[C@H]5CC[C@@]6(C)C(=CC[C@@H]7[C@H]8CC[C@@H]([C@H](C)CCCC(C)C)[C@@]8(C)CC[C@H]76)C5)CC[C@@]4(C)[C@@H]3CC[C@]21C. The van der Waals surface area contributed by atoms with Gasteiger partial charge in [0.25, 0.3) is 0 Å². The van der Waals surface area contributed by atoms with Gasteiger partial charge in [-0.3, -0.25) is 0 Å². The molecule has 0 heterocycles. The highest BCUT2D eigenvalue weighted by Crippen LogP contribution is 2.69. The maximum atomic E-state index is 13.1. The molecule has 0 aromatic heterocycles. The van der Waals surface area contributed by atoms with E-state index in [9.17, 15) is 9.59 Å². The summed E-state index contributed by atoms with van der Waals surface area (Å²) in [7, 11) is 0. The Kier molecular flexibility index (Phi) is 14.6. The largest absolute Gasteiger partial charge is 0.460 e. The lowest BCUT2D eigenvalue weighted by Gasteiger charge is -2.58. The summed E-state index contributed by atoms with van der Waals surface area (Å²) in [5, 5.41) is 0. The summed E-state index contributed by atoms with van der Waals surface area (Å²) < 4.78 is 17.8. The molecule has 16 atom stereocenters. The van der Waals surface area contributed by atoms with Crippen molar-refractivity contribution >= 4 is 11.9 Å². The number of carbonyl (C=O) groups excluding carboxylic acids is 2. The number of hydrogen-bond acceptors (Lipinski definition) is 5. The molecule has 0 radical (unpaired) electrons. The number of allylic oxidation sites excluding steroid dienone is 2. The van der Waals surface area contributed by atoms with Crippen LogP contribution in [0.5, 0.6) is 0 Å². The molecular weight excluding hydrogens is 777 g/mol. The Balaban J connectivity index is 0.767. The molecule has 0 aliphatic heterocycles. The molecule has 0 bridgehead atoms. The van der Waals surface area contributed by atoms with Crippen molar-refractivity contribution in [2.45, 2.75) is 223 Å². The van der Waals surface area contributed by atoms with E-state index in [-0.39, 0.29) is 48.2 Å². The summed E-state index contributed by atoms with van der Waals surface area (Å²) in [6, 6.07) is 0. The van der Waals surface area contributed by atoms with E-state index in [0.717, 1.165) is 110 Å². The second-order valence-electron chi connectivity index (χ2n) is 25.8. The lowest BCUT2D eigenvalue weighted by Crippen LogP contribution is -2.51. The first-order chi connectivity index (χ1) is 30.0. The van der Waals surface area contributed by atoms with Crippen LogP contribution >= 0.6 is 0 Å². The third-order valence-corrected chi connectivity index (χ3v) is 21.6. The first kappa shape index (κ1) is 47.9. The predicted molar refractivity (Wildman–Crippen MR) is 257 cm³/mol. The highest BCUT2D eigenvalue weighted by atomic mass is 16.6. The van der Waals surface area contributed by atoms with Crippen LogP contribution in [0.1, 0.15) is 210 Å². The van der Waals surface area contributed by atoms with Gasteiger partial charge in [0.1, 0.15) is 25.4 Å². The molecule has 356 valence electrons. The molecule has 0 amide bonds. The minimum absolute atomic E-state index is 0.101. The van der Waals surface area contributed by atoms with E-state index >= 15 is 0 Å². The molecular formula is C58H94O5. The van der Waals surface area contributed by atoms with Crippen LogP contribution in [0.4, 0.5) is 0 Å². The summed E-state index contributed by atoms with van der Waals surface area (Å²) in [6.45, 7) is 24.7. The van der Waals surface area contributed by atoms with Crippen molar-refractivity contribution in [3.8, 4) is 0 Å². The zero-order valence-electron chi connectivity index (χ0n) is 42.2. The van der Waals surface area contributed by atoms with Crippen LogP contribution in [0.15, 0.2) is 23.3 Å². The van der Waals surface area contributed by atoms with Gasteiger partial charge in [-0.15, -0.1) is 0 Å². The van der Waals surface area contributed by atoms with Crippen molar-refractivity contribution in [1.29, 1.82) is 0 Å². The Morgan fingerprint density at radius 2 is 0.952 bits per heavy atom. The summed E-state index contributed by atoms with van der Waals surface area (Å²) in [6.07, 6.45) is 32.6. The van der Waals surface area contributed by atoms with Crippen molar-refractivity contribution in [3.05, 3.63) is 23.3 Å². The Morgan fingerprint density at radius 1 is 0.540 bits per heavy atom. The Hall–Kier alpha value is -1.62. The molecule has 0 aromatic carbocycles. The van der Waals surface area contributed by atoms with E-state index < -0.39 is 0 Å². The molecule has 0 aromatic rings. The number of rotatable bonds is 16. The molecule has 8 rings (SSSR count). The third kappa shape index (κ3) is 9.35. The summed E-state index contributed by atoms with van der Waals surface area (Å²) in [5.74, 6) is 9.16. The number of hydrogen-bond donors (Lipinski definition) is 0. The van der Waals surface area contributed by atoms with Gasteiger partial charge in [-0.25, -0.2) is 9.59 Å². The van der Waals surface area contributed by atoms with Gasteiger partial charge in [0, 0.05) is 12.8 Å². The summed E-state index contributed by atoms with van der Waals surface area (Å²) in [5.41, 5.74) is 4.52. The van der Waals surface area contributed by atoms with Crippen LogP contribution in [0.2, 0.25) is 0 Å². The zero-order chi connectivity index (χ0) is 44.9. The van der Waals surface area contributed by atoms with Crippen LogP contribution < -0.4 is 0 Å². The van der Waals surface area contributed by atoms with Crippen molar-refractivity contribution < 1.29 is 23.8 Å². The van der Waals surface area contributed by atoms with Crippen molar-refractivity contribution in [3.63, 3.8) is 0 Å². The van der Waals surface area contributed by atoms with E-state index in [1.807, 2.05) is 0 Å². The molecule has 8 aliphatic rings. The maximum absolute atomic E-state index is 13.1. The summed E-state index contributed by atoms with van der Waals surface area (Å²) >= 11 is 0. The summed E-state index contributed by atoms with van der Waals surface area (Å²) in [4.78, 5) is 26.2. The van der Waals surface area contributed by atoms with Gasteiger partial charge in [-0.05, 0) is 183 Å². The molecule has 0 spiro atoms. The van der Waals surface area contributed by atoms with Crippen LogP contribution in [-0.2, 0) is 23.8 Å². The Morgan fingerprint density at radius 3 is 1.35 bits per heavy atom. The van der Waals surface area contributed by atoms with Crippen molar-refractivity contribution in [2.75, 3.05) is 13.2 Å². The van der Waals surface area contributed by atoms with E-state index in [4.69, 9.17) is 14.2 Å². The monoisotopic (exact) mass is 871 g/mol. The van der Waals surface area contributed by atoms with Gasteiger partial charge in [0.15, 0.2) is 0 Å². The zero-order valence-corrected chi connectivity index (χ0v) is 42.2. The fraction of sp³-hybridized carbons (Fsp3) is 0.897. The highest BCUT2D eigenvalue weighted by Gasteiger charge is 2.61. The van der Waals surface area contributed by atoms with Gasteiger partial charge in [-0.2, -0.15) is 0 Å². The lowest BCUT2D eigenvalue weighted by molar-refractivity contribution is -0.163. The van der Waals surface area contributed by atoms with E-state index in [0.29, 0.717) is 10.8 Å². The van der Waals surface area contributed by atoms with Crippen LogP contribution in [0.25, 0.3) is 0 Å². The standard InChI is InChI=1S/C58H94O5/c1-37(2)13-11-15-39(5)47-21-23-49-45-19-17-41-33-43(25-29-55(41,7)51(45)27-31-57(47,49)9)62-53(59)35-61-36-54(60)63-44-26-30-56(8)42(34-44)18-20-46-50-24-22-48(40(6)16-12-14-38(3)4)58(50,10)32-28-52(46)56/h17-18,37-40,43-52H,11-16,19-36H2,1-10H3/t39-,40-,43+,44+,45-,46+,47+,48+,49-,50+,51-,52-,55+,56-,57-,58+/m1/s1. The van der Waals surface area contributed by atoms with Crippen LogP contribution in [0, 0.1) is 92.7 Å². The van der Waals surface area contributed by atoms with Crippen molar-refractivity contribution in [1.82, 2.24) is 0 Å². The fourth-order valence-electron chi connectivity index (χ4n) is 18.2. The van der Waals surface area contributed by atoms with Crippen LogP contribution in [-0.4, -0.2) is 37.4 Å². The normalized spacial score (nSPS) is 42.7. The molecule has 6 saturated carbocycles. The van der Waals surface area contributed by atoms with Gasteiger partial charge < -0.3 is 14.2 Å². The third-order valence-electron chi connectivity index (χ3n) is 21.6. The van der Waals surface area contributed by atoms with Crippen molar-refractivity contribution in [2.24, 2.45) is 92.7 Å². The molecule has 0 saturated heterocycles. The molecule has 6 fully saturated rings. The van der Waals surface area contributed by atoms with E-state index in [1.165, 1.54) is 114 Å². The molecule has 8 aliphatic carbocycles. The number of ether oxygens (including phenoxy) is 3. The molecule has 0 unspecified atom stereocenters. The predicted octanol–water partition coefficient (Wildman–Crippen LogP) is 14.9. The highest BCUT2D eigenvalue weighted by molar-refractivity contribution is 5.73. The molecule has 5 nitrogen and oxygen atoms in total. The van der Waals surface area contributed by atoms with E-state index in [1.54, 1.807) is 0 Å². The number of fused-ring (bicyclic) bond motifs is 10. The smallest absolute Gasteiger partial charge is 0.332 e. The second kappa shape index (κ2) is 19.2. The average molecular weight is 871 g/mol. The number of esters is 2. The molecule has 5 heteroatoms. The average Bonchev–Trinajstić information content (AvgIpc) is 3.77. The Labute approximate surface area is 386 Å². The minimum Gasteiger partial charge on any atom is -0.460 e. The van der Waals surface area contributed by atoms with Crippen LogP contribution in [0.3, 0.4) is 0 Å². The second-order valence-corrected chi connectivity index (χ2v) is 25.8. The fourth-order valence-corrected chi connectivity index (χ4v) is 18.2. The number of carbonyl (C=O) groups is 2.